The van der Waals surface area contributed by atoms with Crippen molar-refractivity contribution in [3.8, 4) is 63.2 Å². The molecule has 0 saturated carbocycles. The highest BCUT2D eigenvalue weighted by Gasteiger charge is 2.23. The van der Waals surface area contributed by atoms with Gasteiger partial charge in [0.2, 0.25) is 6.79 Å². The topological polar surface area (TPSA) is 102 Å². The Balaban J connectivity index is 1.43. The van der Waals surface area contributed by atoms with Gasteiger partial charge in [0.15, 0.2) is 0 Å². The van der Waals surface area contributed by atoms with Crippen molar-refractivity contribution < 1.29 is 52.1 Å². The third-order valence-corrected chi connectivity index (χ3v) is 11.3. The van der Waals surface area contributed by atoms with Crippen LogP contribution in [0.1, 0.15) is 55.6 Å². The van der Waals surface area contributed by atoms with E-state index in [2.05, 4.69) is 0 Å². The highest BCUT2D eigenvalue weighted by Crippen LogP contribution is 2.42. The molecule has 62 heavy (non-hydrogen) atoms. The minimum atomic E-state index is -0.0205. The summed E-state index contributed by atoms with van der Waals surface area (Å²) in [5.41, 5.74) is 9.01. The highest BCUT2D eigenvalue weighted by molar-refractivity contribution is 5.59. The molecule has 0 saturated heterocycles. The minimum Gasteiger partial charge on any atom is -0.496 e. The second kappa shape index (κ2) is 19.7. The molecule has 0 aromatic heterocycles. The molecule has 6 aromatic rings. The molecule has 10 aliphatic rings. The van der Waals surface area contributed by atoms with E-state index in [1.165, 1.54) is 0 Å². The summed E-state index contributed by atoms with van der Waals surface area (Å²) in [4.78, 5) is 0. The Labute approximate surface area is 363 Å². The van der Waals surface area contributed by atoms with Gasteiger partial charge in [-0.05, 0) is 72.8 Å². The standard InChI is InChI=1S/C51H54O11/c1-52-42-22-33-16-35-24-47(57-6)37(26-46(35)56-5)18-39-29-51(62-30-61-41-13-11-10-12-14-41)40(28-50(39)60-9)19-38-27-48(58-7)36(25-49(38)59-8)17-34-23-44(54-3)32(21-45(34)55-4)15-31(42)20-43(33)53-2/h10-14,20-29H,15-19,30H2,1-9H3. The Morgan fingerprint density at radius 3 is 0.710 bits per heavy atom. The zero-order valence-corrected chi connectivity index (χ0v) is 36.9. The third kappa shape index (κ3) is 9.22. The molecular formula is C51H54O11. The average Bonchev–Trinajstić information content (AvgIpc) is 3.30. The Morgan fingerprint density at radius 1 is 0.274 bits per heavy atom. The first kappa shape index (κ1) is 43.2. The predicted molar refractivity (Wildman–Crippen MR) is 238 cm³/mol. The van der Waals surface area contributed by atoms with Crippen LogP contribution in [0.3, 0.4) is 0 Å². The number of benzene rings is 6. The fourth-order valence-corrected chi connectivity index (χ4v) is 8.15. The van der Waals surface area contributed by atoms with Crippen LogP contribution in [0.2, 0.25) is 0 Å². The Morgan fingerprint density at radius 2 is 0.484 bits per heavy atom. The molecule has 0 atom stereocenters. The van der Waals surface area contributed by atoms with Crippen molar-refractivity contribution in [2.75, 3.05) is 70.8 Å². The lowest BCUT2D eigenvalue weighted by Crippen LogP contribution is -2.09. The number of hydrogen-bond donors (Lipinski definition) is 0. The first-order valence-corrected chi connectivity index (χ1v) is 20.2. The van der Waals surface area contributed by atoms with E-state index >= 15 is 0 Å². The summed E-state index contributed by atoms with van der Waals surface area (Å²) in [6.45, 7) is -0.0205. The van der Waals surface area contributed by atoms with Crippen molar-refractivity contribution in [3.05, 3.63) is 147 Å². The van der Waals surface area contributed by atoms with Crippen LogP contribution < -0.4 is 52.1 Å². The Hall–Kier alpha value is -6.88. The van der Waals surface area contributed by atoms with Crippen molar-refractivity contribution in [1.82, 2.24) is 0 Å². The molecule has 6 aromatic carbocycles. The quantitative estimate of drug-likeness (QED) is 0.104. The van der Waals surface area contributed by atoms with Crippen LogP contribution in [-0.2, 0) is 32.1 Å². The molecule has 16 rings (SSSR count). The second-order valence-electron chi connectivity index (χ2n) is 14.8. The smallest absolute Gasteiger partial charge is 0.230 e. The van der Waals surface area contributed by atoms with Crippen molar-refractivity contribution in [1.29, 1.82) is 0 Å². The van der Waals surface area contributed by atoms with E-state index in [4.69, 9.17) is 52.1 Å². The van der Waals surface area contributed by atoms with Gasteiger partial charge < -0.3 is 52.1 Å². The van der Waals surface area contributed by atoms with Gasteiger partial charge in [0.25, 0.3) is 0 Å². The van der Waals surface area contributed by atoms with Crippen LogP contribution in [0.25, 0.3) is 0 Å². The molecule has 324 valence electrons. The lowest BCUT2D eigenvalue weighted by Gasteiger charge is -2.20. The van der Waals surface area contributed by atoms with Crippen molar-refractivity contribution in [2.24, 2.45) is 0 Å². The van der Waals surface area contributed by atoms with Gasteiger partial charge in [-0.1, -0.05) is 18.2 Å². The minimum absolute atomic E-state index is 0.0205. The van der Waals surface area contributed by atoms with Crippen LogP contribution in [0.4, 0.5) is 0 Å². The zero-order valence-electron chi connectivity index (χ0n) is 36.9. The van der Waals surface area contributed by atoms with Gasteiger partial charge in [-0.15, -0.1) is 0 Å². The van der Waals surface area contributed by atoms with Gasteiger partial charge in [0.05, 0.1) is 64.0 Å². The molecule has 0 radical (unpaired) electrons. The number of para-hydroxylation sites is 1. The van der Waals surface area contributed by atoms with Crippen molar-refractivity contribution >= 4 is 0 Å². The first-order chi connectivity index (χ1) is 30.3. The third-order valence-electron chi connectivity index (χ3n) is 11.3. The second-order valence-corrected chi connectivity index (χ2v) is 14.8. The monoisotopic (exact) mass is 842 g/mol. The maximum Gasteiger partial charge on any atom is 0.230 e. The van der Waals surface area contributed by atoms with E-state index < -0.39 is 0 Å². The average molecular weight is 843 g/mol. The summed E-state index contributed by atoms with van der Waals surface area (Å²) in [6.07, 6.45) is 2.33. The highest BCUT2D eigenvalue weighted by atomic mass is 16.7. The number of rotatable bonds is 13. The van der Waals surface area contributed by atoms with E-state index in [-0.39, 0.29) is 6.79 Å². The fraction of sp³-hybridized carbons (Fsp3) is 0.294. The molecule has 11 heteroatoms. The van der Waals surface area contributed by atoms with Crippen LogP contribution in [-0.4, -0.2) is 70.8 Å². The number of methoxy groups -OCH3 is 9. The molecule has 10 aliphatic carbocycles. The lowest BCUT2D eigenvalue weighted by atomic mass is 9.94. The molecule has 11 nitrogen and oxygen atoms in total. The number of hydrogen-bond acceptors (Lipinski definition) is 11. The van der Waals surface area contributed by atoms with Gasteiger partial charge >= 0.3 is 0 Å². The summed E-state index contributed by atoms with van der Waals surface area (Å²) in [6, 6.07) is 29.7. The van der Waals surface area contributed by atoms with Crippen molar-refractivity contribution in [3.63, 3.8) is 0 Å². The van der Waals surface area contributed by atoms with Crippen LogP contribution >= 0.6 is 0 Å². The summed E-state index contributed by atoms with van der Waals surface area (Å²) >= 11 is 0. The summed E-state index contributed by atoms with van der Waals surface area (Å²) in [7, 11) is 15.0. The van der Waals surface area contributed by atoms with Gasteiger partial charge in [0, 0.05) is 87.7 Å². The van der Waals surface area contributed by atoms with Crippen LogP contribution in [0, 0.1) is 0 Å². The largest absolute Gasteiger partial charge is 0.496 e. The molecule has 0 aliphatic heterocycles. The maximum atomic E-state index is 6.46. The molecular weight excluding hydrogens is 789 g/mol. The molecule has 0 amide bonds. The van der Waals surface area contributed by atoms with Gasteiger partial charge in [-0.25, -0.2) is 0 Å². The Kier molecular flexibility index (Phi) is 13.7. The summed E-state index contributed by atoms with van der Waals surface area (Å²) in [5, 5.41) is 0. The van der Waals surface area contributed by atoms with E-state index in [1.54, 1.807) is 64.0 Å². The van der Waals surface area contributed by atoms with Gasteiger partial charge in [-0.3, -0.25) is 0 Å². The maximum absolute atomic E-state index is 6.46. The molecule has 0 spiro atoms. The van der Waals surface area contributed by atoms with E-state index in [1.807, 2.05) is 91.0 Å². The summed E-state index contributed by atoms with van der Waals surface area (Å²) in [5.74, 6) is 7.58. The predicted octanol–water partition coefficient (Wildman–Crippen LogP) is 9.45. The summed E-state index contributed by atoms with van der Waals surface area (Å²) < 4.78 is 66.9. The normalized spacial score (nSPS) is 12.0. The molecule has 0 heterocycles. The first-order valence-electron chi connectivity index (χ1n) is 20.2. The molecule has 0 N–H and O–H groups in total. The van der Waals surface area contributed by atoms with Gasteiger partial charge in [-0.2, -0.15) is 0 Å². The van der Waals surface area contributed by atoms with E-state index in [0.717, 1.165) is 55.6 Å². The van der Waals surface area contributed by atoms with E-state index in [9.17, 15) is 0 Å². The van der Waals surface area contributed by atoms with E-state index in [0.29, 0.717) is 95.3 Å². The SMILES string of the molecule is COc1cc2c(OC)cc1Cc1cc(OC)c(cc1OC)Cc1cc(OC)c(cc1OC)Cc1cc(OC)c(cc1OCOc1ccccc1)Cc1cc(OC)c(cc1OC)C2. The molecule has 0 unspecified atom stereocenters. The van der Waals surface area contributed by atoms with Crippen LogP contribution in [0.15, 0.2) is 91.0 Å². The molecule has 10 bridgehead atoms. The molecule has 0 fully saturated rings. The van der Waals surface area contributed by atoms with Gasteiger partial charge in [0.1, 0.15) is 63.2 Å². The van der Waals surface area contributed by atoms with Crippen molar-refractivity contribution in [2.45, 2.75) is 32.1 Å². The zero-order chi connectivity index (χ0) is 43.8. The van der Waals surface area contributed by atoms with Crippen LogP contribution in [0.5, 0.6) is 63.2 Å². The Bertz CT molecular complexity index is 2510. The lowest BCUT2D eigenvalue weighted by molar-refractivity contribution is 0.118. The number of ether oxygens (including phenoxy) is 11. The fourth-order valence-electron chi connectivity index (χ4n) is 8.15.